The van der Waals surface area contributed by atoms with E-state index in [2.05, 4.69) is 31.9 Å². The lowest BCUT2D eigenvalue weighted by atomic mass is 9.88. The lowest BCUT2D eigenvalue weighted by Gasteiger charge is -2.51. The van der Waals surface area contributed by atoms with Crippen LogP contribution in [0.1, 0.15) is 48.0 Å². The summed E-state index contributed by atoms with van der Waals surface area (Å²) in [5.41, 5.74) is 0. The van der Waals surface area contributed by atoms with Crippen molar-refractivity contribution in [1.82, 2.24) is 31.9 Å². The van der Waals surface area contributed by atoms with Gasteiger partial charge in [-0.05, 0) is 0 Å². The Balaban J connectivity index is 0.820. The van der Waals surface area contributed by atoms with Crippen LogP contribution in [-0.4, -0.2) is 563 Å². The molecule has 0 spiro atoms. The first-order valence-electron chi connectivity index (χ1n) is 42.8. The summed E-state index contributed by atoms with van der Waals surface area (Å²) in [7, 11) is 0. The number of carboxylic acid groups (broad SMARTS) is 1. The molecular formula is C75H124N6O54. The fourth-order valence-electron chi connectivity index (χ4n) is 17.5. The van der Waals surface area contributed by atoms with Gasteiger partial charge in [0.15, 0.2) is 56.6 Å². The maximum atomic E-state index is 13.2. The summed E-state index contributed by atoms with van der Waals surface area (Å²) in [6, 6.07) is -10.9. The molecule has 6 amide bonds. The zero-order chi connectivity index (χ0) is 99.9. The maximum absolute atomic E-state index is 13.2. The summed E-state index contributed by atoms with van der Waals surface area (Å²) in [4.78, 5) is 88.9. The fourth-order valence-corrected chi connectivity index (χ4v) is 17.5. The Hall–Kier alpha value is -5.55. The Bertz CT molecular complexity index is 3820. The van der Waals surface area contributed by atoms with E-state index in [9.17, 15) is 177 Å². The first-order valence-corrected chi connectivity index (χ1v) is 42.8. The number of hydrogen-bond donors (Lipinski definition) is 34. The van der Waals surface area contributed by atoms with Crippen LogP contribution >= 0.6 is 0 Å². The molecule has 135 heavy (non-hydrogen) atoms. The van der Waals surface area contributed by atoms with Crippen LogP contribution < -0.4 is 31.9 Å². The van der Waals surface area contributed by atoms with Gasteiger partial charge in [-0.2, -0.15) is 0 Å². The van der Waals surface area contributed by atoms with E-state index in [-0.39, 0.29) is 0 Å². The van der Waals surface area contributed by atoms with Gasteiger partial charge >= 0.3 is 5.97 Å². The molecule has 60 nitrogen and oxygen atoms in total. The zero-order valence-corrected chi connectivity index (χ0v) is 72.8. The second kappa shape index (κ2) is 48.5. The summed E-state index contributed by atoms with van der Waals surface area (Å²) in [5, 5.41) is 328. The first kappa shape index (κ1) is 111. The second-order valence-corrected chi connectivity index (χ2v) is 33.9. The summed E-state index contributed by atoms with van der Waals surface area (Å²) in [5.74, 6) is -10.8. The predicted molar refractivity (Wildman–Crippen MR) is 416 cm³/mol. The van der Waals surface area contributed by atoms with Crippen LogP contribution in [0, 0.1) is 0 Å². The van der Waals surface area contributed by atoms with Crippen LogP contribution in [0.3, 0.4) is 0 Å². The smallest absolute Gasteiger partial charge is 0.364 e. The van der Waals surface area contributed by atoms with Crippen LogP contribution in [0.25, 0.3) is 0 Å². The van der Waals surface area contributed by atoms with Crippen molar-refractivity contribution in [2.24, 2.45) is 0 Å². The minimum absolute atomic E-state index is 0.703. The molecule has 10 heterocycles. The molecule has 10 rings (SSSR count). The van der Waals surface area contributed by atoms with E-state index in [0.29, 0.717) is 0 Å². The maximum Gasteiger partial charge on any atom is 0.364 e. The Labute approximate surface area is 764 Å². The highest BCUT2D eigenvalue weighted by atomic mass is 16.8. The summed E-state index contributed by atoms with van der Waals surface area (Å²) in [6.07, 6.45) is -94.4. The van der Waals surface area contributed by atoms with Crippen molar-refractivity contribution in [2.75, 3.05) is 66.1 Å². The van der Waals surface area contributed by atoms with Gasteiger partial charge in [0.1, 0.15) is 238 Å². The second-order valence-electron chi connectivity index (χ2n) is 33.9. The van der Waals surface area contributed by atoms with Gasteiger partial charge in [0.05, 0.1) is 78.2 Å². The van der Waals surface area contributed by atoms with Crippen LogP contribution in [0.15, 0.2) is 0 Å². The number of carbonyl (C=O) groups is 7. The third-order valence-corrected chi connectivity index (χ3v) is 24.2. The van der Waals surface area contributed by atoms with E-state index in [4.69, 9.17) is 90.0 Å². The van der Waals surface area contributed by atoms with Gasteiger partial charge in [0.25, 0.3) is 5.79 Å². The number of hydrogen-bond acceptors (Lipinski definition) is 53. The van der Waals surface area contributed by atoms with E-state index in [1.807, 2.05) is 0 Å². The van der Waals surface area contributed by atoms with Gasteiger partial charge in [-0.1, -0.05) is 0 Å². The lowest BCUT2D eigenvalue weighted by molar-refractivity contribution is -0.392. The highest BCUT2D eigenvalue weighted by molar-refractivity contribution is 5.77. The summed E-state index contributed by atoms with van der Waals surface area (Å²) in [6.45, 7) is -5.64. The number of aliphatic carboxylic acids is 1. The number of carbonyl (C=O) groups excluding carboxylic acids is 6. The quantitative estimate of drug-likeness (QED) is 0.0275. The Kier molecular flexibility index (Phi) is 40.0. The molecule has 10 aliphatic rings. The number of aliphatic hydroxyl groups is 27. The van der Waals surface area contributed by atoms with Crippen molar-refractivity contribution in [1.29, 1.82) is 0 Å². The minimum Gasteiger partial charge on any atom is -0.477 e. The predicted octanol–water partition coefficient (Wildman–Crippen LogP) is -22.7. The topological polar surface area (TPSA) is 933 Å². The van der Waals surface area contributed by atoms with Gasteiger partial charge in [0, 0.05) is 48.0 Å². The number of carboxylic acids is 1. The highest BCUT2D eigenvalue weighted by Crippen LogP contribution is 2.43. The molecule has 10 aliphatic heterocycles. The molecule has 10 fully saturated rings. The molecular weight excluding hydrogens is 1850 g/mol. The molecule has 0 radical (unpaired) electrons. The molecule has 60 heteroatoms. The standard InChI is InChI=1S/C75H124N6O54/c1-18(91)76-35-24(97)7-75(74(115)116,134-60(35)41(99)25(98)8-82)135-64-46(104)29(12-86)122-73(55(64)113)130-59-33(16-90)126-69(40(51(59)109)81-23(6)96)133-63-45(103)28(11-85)121-72(54(63)112)129-58-32(15-89)125-68(39(50(58)108)80-22(5)95)132-62-44(102)27(10-84)120-71(53(62)111)128-57-31(14-88)124-67(38(49(57)107)79-21(4)94)131-61-43(101)26(9-83)119-70(52(61)110)127-56-30(13-87)123-66(37(48(56)106)78-20(3)93)117-17-34-42(100)47(105)36(65(114)118-34)77-19(2)92/h24-73,82-90,97-114H,7-17H2,1-6H3,(H,76,91)(H,77,92)(H,78,93)(H,79,94)(H,80,95)(H,81,96)(H,115,116)/t24-,25+,26+,27+,28+,29+,30+,31+,32+,33+,34+,35+,36+,37+,38+,39+,40+,41+,42-,43-,44-,45-,46-,47+,48+,49+,50+,51+,52+,53+,54+,55+,56+,57+,58+,59+,60+,61-,62-,63-,64-,65+,66+,67-,68-,69-,70-,71-,72-,73-,75-/m0/s1. The molecule has 0 aromatic rings. The van der Waals surface area contributed by atoms with E-state index in [1.165, 1.54) is 0 Å². The minimum atomic E-state index is -3.28. The third-order valence-electron chi connectivity index (χ3n) is 24.2. The molecule has 0 bridgehead atoms. The molecule has 0 aliphatic carbocycles. The monoisotopic (exact) mass is 1970 g/mol. The Morgan fingerprint density at radius 3 is 0.867 bits per heavy atom. The molecule has 10 saturated heterocycles. The molecule has 0 unspecified atom stereocenters. The Morgan fingerprint density at radius 2 is 0.570 bits per heavy atom. The Morgan fingerprint density at radius 1 is 0.304 bits per heavy atom. The first-order chi connectivity index (χ1) is 63.7. The van der Waals surface area contributed by atoms with Crippen molar-refractivity contribution in [3.8, 4) is 0 Å². The summed E-state index contributed by atoms with van der Waals surface area (Å²) >= 11 is 0. The van der Waals surface area contributed by atoms with Crippen LogP contribution in [0.2, 0.25) is 0 Å². The number of aliphatic hydroxyl groups excluding tert-OH is 27. The highest BCUT2D eigenvalue weighted by Gasteiger charge is 2.64. The van der Waals surface area contributed by atoms with E-state index in [1.54, 1.807) is 0 Å². The molecule has 0 aromatic carbocycles. The van der Waals surface area contributed by atoms with Crippen molar-refractivity contribution in [2.45, 2.75) is 360 Å². The fraction of sp³-hybridized carbons (Fsp3) is 0.907. The molecule has 34 N–H and O–H groups in total. The van der Waals surface area contributed by atoms with E-state index in [0.717, 1.165) is 41.5 Å². The average molecular weight is 1970 g/mol. The van der Waals surface area contributed by atoms with Gasteiger partial charge < -0.3 is 265 Å². The van der Waals surface area contributed by atoms with E-state index < -0.39 is 426 Å². The van der Waals surface area contributed by atoms with Gasteiger partial charge in [-0.15, -0.1) is 0 Å². The lowest BCUT2D eigenvalue weighted by Crippen LogP contribution is -2.71. The SMILES string of the molecule is CC(=O)N[C@@H]1[C@@H](O)[C@@H](O)[C@@H](CO[C@@H]2O[C@H](CO)[C@@H](O[C@@H]3O[C@H](CO)[C@H](O)[C@H](O[C@@H]4O[C@H](CO)[C@@H](O[C@@H]5O[C@H](CO)[C@H](O)[C@H](O[C@@H]6O[C@H](CO)[C@@H](O[C@@H]7O[C@H](CO)[C@H](O)[C@H](O[C@@H]8O[C@H](CO)[C@@H](O[C@@H]9O[C@H](CO)[C@H](O)[C@H](O[C@]%10(C(=O)O)C[C@H](O)[C@@H](NC(C)=O)[C@H]([C@H](O)[C@H](O)CO)O%10)[C@H]9O)[C@H](O)[C@H]8NC(C)=O)[C@H]7O)[C@H](O)[C@H]6NC(C)=O)[C@H]5O)[C@H](O)[C@H]4NC(C)=O)[C@H]3O)[C@H](O)[C@H]2NC(C)=O)O[C@H]1O. The number of amides is 6. The largest absolute Gasteiger partial charge is 0.477 e. The number of nitrogens with one attached hydrogen (secondary N) is 6. The van der Waals surface area contributed by atoms with Crippen LogP contribution in [0.4, 0.5) is 0 Å². The number of ether oxygens (including phenoxy) is 19. The number of rotatable bonds is 37. The van der Waals surface area contributed by atoms with Gasteiger partial charge in [0.2, 0.25) is 35.4 Å². The molecule has 51 atom stereocenters. The van der Waals surface area contributed by atoms with E-state index >= 15 is 0 Å². The van der Waals surface area contributed by atoms with Crippen molar-refractivity contribution in [3.05, 3.63) is 0 Å². The normalized spacial score (nSPS) is 46.4. The molecule has 0 saturated carbocycles. The van der Waals surface area contributed by atoms with Crippen LogP contribution in [0.5, 0.6) is 0 Å². The summed E-state index contributed by atoms with van der Waals surface area (Å²) < 4.78 is 111. The molecule has 0 aromatic heterocycles. The van der Waals surface area contributed by atoms with Gasteiger partial charge in [-0.25, -0.2) is 4.79 Å². The average Bonchev–Trinajstić information content (AvgIpc) is 0.765. The molecule has 778 valence electrons. The van der Waals surface area contributed by atoms with Crippen molar-refractivity contribution in [3.63, 3.8) is 0 Å². The van der Waals surface area contributed by atoms with Gasteiger partial charge in [-0.3, -0.25) is 28.8 Å². The zero-order valence-electron chi connectivity index (χ0n) is 72.8. The van der Waals surface area contributed by atoms with Crippen molar-refractivity contribution >= 4 is 41.4 Å². The van der Waals surface area contributed by atoms with Crippen molar-refractivity contribution < 1.29 is 267 Å². The third kappa shape index (κ3) is 25.0. The van der Waals surface area contributed by atoms with Crippen LogP contribution in [-0.2, 0) is 124 Å².